The molecule has 7 nitrogen and oxygen atoms in total. The molecule has 0 radical (unpaired) electrons. The molecule has 1 heterocycles. The summed E-state index contributed by atoms with van der Waals surface area (Å²) in [6, 6.07) is 38.0. The molecule has 0 saturated heterocycles. The third kappa shape index (κ3) is 9.15. The normalized spacial score (nSPS) is 11.6. The summed E-state index contributed by atoms with van der Waals surface area (Å²) >= 11 is 20.0. The van der Waals surface area contributed by atoms with Gasteiger partial charge in [0.15, 0.2) is 0 Å². The molecule has 1 N–H and O–H groups in total. The van der Waals surface area contributed by atoms with Gasteiger partial charge in [0.1, 0.15) is 10.8 Å². The summed E-state index contributed by atoms with van der Waals surface area (Å²) in [5.41, 5.74) is 5.51. The maximum absolute atomic E-state index is 13.3. The number of aromatic nitrogens is 1. The van der Waals surface area contributed by atoms with Crippen molar-refractivity contribution in [2.45, 2.75) is 23.8 Å². The van der Waals surface area contributed by atoms with Crippen molar-refractivity contribution in [1.82, 2.24) is 9.29 Å². The minimum Gasteiger partial charge on any atom is -0.493 e. The summed E-state index contributed by atoms with van der Waals surface area (Å²) in [4.78, 5) is 12.6. The number of nitrogens with zero attached hydrogens (tertiary/aromatic N) is 1. The fraction of sp³-hybridized carbons (Fsp3) is 0.175. The number of fused-ring (bicyclic) bond motifs is 1. The summed E-state index contributed by atoms with van der Waals surface area (Å²) < 4.78 is 42.6. The molecule has 268 valence electrons. The fourth-order valence-electron chi connectivity index (χ4n) is 6.17. The highest BCUT2D eigenvalue weighted by Gasteiger charge is 2.26. The Morgan fingerprint density at radius 2 is 1.48 bits per heavy atom. The second-order valence-electron chi connectivity index (χ2n) is 11.9. The highest BCUT2D eigenvalue weighted by molar-refractivity contribution is 8.11. The standard InChI is InChI=1S/C40H35Cl3N2O5S2/c1-49-40(46)29-12-15-31(16-13-29)50-23-21-33-34-24-30(41)14-19-37(34)45(39(27-8-4-2-5-9-27)28-10-6-3-7-11-28)38(33)20-22-44-52(47,48)26-51-32-17-18-35(42)36(43)25-32/h2-19,24-25,39,44H,20-23,26H2,1H3. The lowest BCUT2D eigenvalue weighted by atomic mass is 9.97. The number of carbonyl (C=O) groups excluding carboxylic acids is 1. The van der Waals surface area contributed by atoms with E-state index in [0.717, 1.165) is 45.0 Å². The molecule has 0 aliphatic carbocycles. The lowest BCUT2D eigenvalue weighted by Gasteiger charge is -2.25. The smallest absolute Gasteiger partial charge is 0.337 e. The molecule has 0 amide bonds. The van der Waals surface area contributed by atoms with Gasteiger partial charge in [-0.15, -0.1) is 11.8 Å². The Balaban J connectivity index is 1.35. The molecule has 52 heavy (non-hydrogen) atoms. The van der Waals surface area contributed by atoms with Gasteiger partial charge in [0.25, 0.3) is 0 Å². The minimum atomic E-state index is -3.68. The van der Waals surface area contributed by atoms with Crippen molar-refractivity contribution in [1.29, 1.82) is 0 Å². The zero-order chi connectivity index (χ0) is 36.7. The molecule has 6 aromatic rings. The molecule has 0 fully saturated rings. The van der Waals surface area contributed by atoms with Gasteiger partial charge in [0.2, 0.25) is 10.0 Å². The first kappa shape index (κ1) is 37.8. The Labute approximate surface area is 322 Å². The van der Waals surface area contributed by atoms with Crippen LogP contribution in [0.15, 0.2) is 126 Å². The average molecular weight is 794 g/mol. The summed E-state index contributed by atoms with van der Waals surface area (Å²) in [6.45, 7) is 0.483. The van der Waals surface area contributed by atoms with Crippen molar-refractivity contribution < 1.29 is 22.7 Å². The number of thioether (sulfide) groups is 1. The highest BCUT2D eigenvalue weighted by atomic mass is 35.5. The first-order chi connectivity index (χ1) is 25.1. The molecule has 0 saturated carbocycles. The molecule has 12 heteroatoms. The molecule has 0 aliphatic rings. The van der Waals surface area contributed by atoms with Crippen LogP contribution in [0, 0.1) is 0 Å². The second-order valence-corrected chi connectivity index (χ2v) is 16.4. The number of benzene rings is 5. The van der Waals surface area contributed by atoms with E-state index in [4.69, 9.17) is 44.3 Å². The van der Waals surface area contributed by atoms with E-state index in [1.807, 2.05) is 54.6 Å². The van der Waals surface area contributed by atoms with Crippen LogP contribution in [0.3, 0.4) is 0 Å². The van der Waals surface area contributed by atoms with Gasteiger partial charge in [-0.1, -0.05) is 95.5 Å². The Morgan fingerprint density at radius 3 is 2.12 bits per heavy atom. The van der Waals surface area contributed by atoms with Crippen LogP contribution in [0.25, 0.3) is 10.9 Å². The van der Waals surface area contributed by atoms with Gasteiger partial charge >= 0.3 is 5.97 Å². The number of esters is 1. The van der Waals surface area contributed by atoms with Gasteiger partial charge in [-0.2, -0.15) is 0 Å². The van der Waals surface area contributed by atoms with Crippen LogP contribution in [0.4, 0.5) is 0 Å². The first-order valence-corrected chi connectivity index (χ1v) is 20.2. The van der Waals surface area contributed by atoms with Crippen LogP contribution >= 0.6 is 46.6 Å². The lowest BCUT2D eigenvalue weighted by molar-refractivity contribution is 0.0600. The summed E-state index contributed by atoms with van der Waals surface area (Å²) in [7, 11) is -2.33. The lowest BCUT2D eigenvalue weighted by Crippen LogP contribution is -2.28. The van der Waals surface area contributed by atoms with Crippen LogP contribution in [0.1, 0.15) is 38.8 Å². The molecule has 1 aromatic heterocycles. The molecule has 5 aromatic carbocycles. The van der Waals surface area contributed by atoms with Crippen molar-refractivity contribution in [3.8, 4) is 5.75 Å². The van der Waals surface area contributed by atoms with E-state index >= 15 is 0 Å². The number of hydrogen-bond acceptors (Lipinski definition) is 6. The molecule has 6 rings (SSSR count). The summed E-state index contributed by atoms with van der Waals surface area (Å²) in [5, 5.41) is 2.14. The third-order valence-electron chi connectivity index (χ3n) is 8.52. The van der Waals surface area contributed by atoms with Gasteiger partial charge in [0, 0.05) is 45.9 Å². The van der Waals surface area contributed by atoms with E-state index in [-0.39, 0.29) is 17.7 Å². The van der Waals surface area contributed by atoms with E-state index < -0.39 is 16.0 Å². The zero-order valence-corrected chi connectivity index (χ0v) is 32.0. The number of carbonyl (C=O) groups is 1. The number of hydrogen-bond donors (Lipinski definition) is 1. The molecule has 0 atom stereocenters. The maximum Gasteiger partial charge on any atom is 0.337 e. The Hall–Kier alpha value is -3.96. The van der Waals surface area contributed by atoms with Crippen molar-refractivity contribution >= 4 is 73.5 Å². The van der Waals surface area contributed by atoms with Gasteiger partial charge in [-0.3, -0.25) is 0 Å². The number of nitrogens with one attached hydrogen (secondary N) is 1. The van der Waals surface area contributed by atoms with Gasteiger partial charge in [0.05, 0.1) is 35.4 Å². The van der Waals surface area contributed by atoms with Crippen LogP contribution in [0.5, 0.6) is 5.75 Å². The number of methoxy groups -OCH3 is 1. The topological polar surface area (TPSA) is 86.6 Å². The van der Waals surface area contributed by atoms with Crippen LogP contribution < -0.4 is 9.46 Å². The molecule has 0 unspecified atom stereocenters. The molecule has 0 bridgehead atoms. The minimum absolute atomic E-state index is 0.160. The van der Waals surface area contributed by atoms with Crippen molar-refractivity contribution in [3.05, 3.63) is 164 Å². The average Bonchev–Trinajstić information content (AvgIpc) is 3.44. The maximum atomic E-state index is 13.3. The van der Waals surface area contributed by atoms with E-state index in [0.29, 0.717) is 50.7 Å². The second kappa shape index (κ2) is 17.2. The van der Waals surface area contributed by atoms with E-state index in [1.54, 1.807) is 42.5 Å². The number of halogens is 3. The van der Waals surface area contributed by atoms with E-state index in [2.05, 4.69) is 33.6 Å². The Morgan fingerprint density at radius 1 is 0.808 bits per heavy atom. The zero-order valence-electron chi connectivity index (χ0n) is 28.1. The highest BCUT2D eigenvalue weighted by Crippen LogP contribution is 2.38. The van der Waals surface area contributed by atoms with Gasteiger partial charge < -0.3 is 14.0 Å². The van der Waals surface area contributed by atoms with E-state index in [1.165, 1.54) is 7.11 Å². The Bertz CT molecular complexity index is 2230. The van der Waals surface area contributed by atoms with Crippen LogP contribution in [-0.4, -0.2) is 44.3 Å². The van der Waals surface area contributed by atoms with Crippen molar-refractivity contribution in [3.63, 3.8) is 0 Å². The van der Waals surface area contributed by atoms with Crippen molar-refractivity contribution in [2.24, 2.45) is 0 Å². The molecule has 0 spiro atoms. The van der Waals surface area contributed by atoms with Gasteiger partial charge in [-0.05, 0) is 77.4 Å². The van der Waals surface area contributed by atoms with Crippen LogP contribution in [0.2, 0.25) is 15.1 Å². The van der Waals surface area contributed by atoms with E-state index in [9.17, 15) is 13.2 Å². The number of ether oxygens (including phenoxy) is 2. The molecular formula is C40H35Cl3N2O5S2. The SMILES string of the molecule is COC(=O)c1ccc(OCCc2c(CCNS(=O)(=O)CSc3ccc(Cl)c(Cl)c3)n(C(c3ccccc3)c3ccccc3)c3ccc(Cl)cc23)cc1. The third-order valence-corrected chi connectivity index (χ3v) is 12.4. The largest absolute Gasteiger partial charge is 0.493 e. The summed E-state index contributed by atoms with van der Waals surface area (Å²) in [6.07, 6.45) is 0.899. The predicted molar refractivity (Wildman–Crippen MR) is 212 cm³/mol. The monoisotopic (exact) mass is 792 g/mol. The molecule has 0 aliphatic heterocycles. The Kier molecular flexibility index (Phi) is 12.5. The van der Waals surface area contributed by atoms with Gasteiger partial charge in [-0.25, -0.2) is 17.9 Å². The number of sulfonamides is 1. The van der Waals surface area contributed by atoms with Crippen molar-refractivity contribution in [2.75, 3.05) is 25.3 Å². The predicted octanol–water partition coefficient (Wildman–Crippen LogP) is 9.86. The number of rotatable bonds is 15. The summed E-state index contributed by atoms with van der Waals surface area (Å²) in [5.74, 6) is 0.186. The molecular weight excluding hydrogens is 759 g/mol. The first-order valence-electron chi connectivity index (χ1n) is 16.4. The fourth-order valence-corrected chi connectivity index (χ4v) is 8.98. The van der Waals surface area contributed by atoms with Crippen LogP contribution in [-0.2, 0) is 27.6 Å². The quantitative estimate of drug-likeness (QED) is 0.0824.